The summed E-state index contributed by atoms with van der Waals surface area (Å²) in [6.07, 6.45) is 0.588. The van der Waals surface area contributed by atoms with Gasteiger partial charge in [-0.05, 0) is 12.1 Å². The number of benzene rings is 1. The number of rotatable bonds is 4. The Bertz CT molecular complexity index is 421. The molecular weight excluding hydrogens is 234 g/mol. The Balaban J connectivity index is 1.92. The van der Waals surface area contributed by atoms with Crippen LogP contribution in [0.5, 0.6) is 11.5 Å². The summed E-state index contributed by atoms with van der Waals surface area (Å²) in [4.78, 5) is 11.4. The fraction of sp³-hybridized carbons (Fsp3) is 0.462. The third kappa shape index (κ3) is 2.92. The van der Waals surface area contributed by atoms with Crippen LogP contribution in [0.2, 0.25) is 0 Å². The number of nitrogens with one attached hydrogen (secondary N) is 1. The van der Waals surface area contributed by atoms with Crippen LogP contribution in [0.1, 0.15) is 6.42 Å². The van der Waals surface area contributed by atoms with Crippen molar-refractivity contribution in [2.75, 3.05) is 20.8 Å². The minimum absolute atomic E-state index is 0.0267. The Morgan fingerprint density at radius 3 is 2.83 bits per heavy atom. The standard InChI is InChI=1S/C13H17NO4/c1-16-9-4-3-5-10(6-9)18-11-7-12(14-8-11)13(15)17-2/h3-6,11-12,14H,7-8H2,1-2H3/t11-,12-/m1/s1. The number of carbonyl (C=O) groups excluding carboxylic acids is 1. The molecule has 1 saturated heterocycles. The Kier molecular flexibility index (Phi) is 4.04. The lowest BCUT2D eigenvalue weighted by atomic mass is 10.2. The maximum atomic E-state index is 11.4. The molecule has 0 amide bonds. The first-order valence-corrected chi connectivity index (χ1v) is 5.85. The van der Waals surface area contributed by atoms with Crippen molar-refractivity contribution in [3.63, 3.8) is 0 Å². The molecule has 0 spiro atoms. The van der Waals surface area contributed by atoms with E-state index in [2.05, 4.69) is 5.32 Å². The molecule has 0 aromatic heterocycles. The average Bonchev–Trinajstić information content (AvgIpc) is 2.86. The van der Waals surface area contributed by atoms with Gasteiger partial charge in [0, 0.05) is 19.0 Å². The Hall–Kier alpha value is -1.75. The number of hydrogen-bond donors (Lipinski definition) is 1. The minimum atomic E-state index is -0.273. The average molecular weight is 251 g/mol. The highest BCUT2D eigenvalue weighted by Gasteiger charge is 2.31. The molecule has 98 valence electrons. The van der Waals surface area contributed by atoms with E-state index in [4.69, 9.17) is 14.2 Å². The first kappa shape index (κ1) is 12.7. The second-order valence-electron chi connectivity index (χ2n) is 4.14. The predicted molar refractivity (Wildman–Crippen MR) is 65.8 cm³/mol. The van der Waals surface area contributed by atoms with Crippen LogP contribution in [-0.2, 0) is 9.53 Å². The van der Waals surface area contributed by atoms with E-state index < -0.39 is 0 Å². The number of ether oxygens (including phenoxy) is 3. The summed E-state index contributed by atoms with van der Waals surface area (Å²) in [5, 5.41) is 3.08. The fourth-order valence-electron chi connectivity index (χ4n) is 1.98. The van der Waals surface area contributed by atoms with Crippen LogP contribution in [0.25, 0.3) is 0 Å². The van der Waals surface area contributed by atoms with Gasteiger partial charge in [-0.3, -0.25) is 4.79 Å². The molecule has 0 aliphatic carbocycles. The van der Waals surface area contributed by atoms with Crippen LogP contribution in [0.15, 0.2) is 24.3 Å². The summed E-state index contributed by atoms with van der Waals surface area (Å²) < 4.78 is 15.6. The second kappa shape index (κ2) is 5.73. The van der Waals surface area contributed by atoms with E-state index in [1.165, 1.54) is 7.11 Å². The van der Waals surface area contributed by atoms with Gasteiger partial charge in [-0.15, -0.1) is 0 Å². The molecule has 1 aliphatic heterocycles. The monoisotopic (exact) mass is 251 g/mol. The van der Waals surface area contributed by atoms with Gasteiger partial charge in [-0.1, -0.05) is 6.07 Å². The van der Waals surface area contributed by atoms with Crippen molar-refractivity contribution in [1.82, 2.24) is 5.32 Å². The molecule has 0 radical (unpaired) electrons. The van der Waals surface area contributed by atoms with Crippen molar-refractivity contribution in [2.45, 2.75) is 18.6 Å². The Labute approximate surface area is 106 Å². The number of methoxy groups -OCH3 is 2. The van der Waals surface area contributed by atoms with E-state index in [0.717, 1.165) is 11.5 Å². The molecule has 1 heterocycles. The number of carbonyl (C=O) groups is 1. The molecule has 1 aromatic carbocycles. The lowest BCUT2D eigenvalue weighted by Crippen LogP contribution is -2.31. The summed E-state index contributed by atoms with van der Waals surface area (Å²) in [5.74, 6) is 1.25. The molecular formula is C13H17NO4. The maximum absolute atomic E-state index is 11.4. The molecule has 1 aromatic rings. The van der Waals surface area contributed by atoms with Gasteiger partial charge >= 0.3 is 5.97 Å². The smallest absolute Gasteiger partial charge is 0.323 e. The molecule has 2 atom stereocenters. The normalized spacial score (nSPS) is 22.6. The minimum Gasteiger partial charge on any atom is -0.497 e. The van der Waals surface area contributed by atoms with Crippen molar-refractivity contribution in [3.05, 3.63) is 24.3 Å². The van der Waals surface area contributed by atoms with Gasteiger partial charge in [0.15, 0.2) is 0 Å². The fourth-order valence-corrected chi connectivity index (χ4v) is 1.98. The molecule has 1 N–H and O–H groups in total. The highest BCUT2D eigenvalue weighted by molar-refractivity contribution is 5.76. The summed E-state index contributed by atoms with van der Waals surface area (Å²) in [6, 6.07) is 7.15. The molecule has 5 nitrogen and oxygen atoms in total. The Morgan fingerprint density at radius 2 is 2.11 bits per heavy atom. The quantitative estimate of drug-likeness (QED) is 0.808. The first-order chi connectivity index (χ1) is 8.72. The van der Waals surface area contributed by atoms with E-state index in [1.807, 2.05) is 24.3 Å². The van der Waals surface area contributed by atoms with Gasteiger partial charge in [-0.25, -0.2) is 0 Å². The summed E-state index contributed by atoms with van der Waals surface area (Å²) in [6.45, 7) is 0.636. The second-order valence-corrected chi connectivity index (χ2v) is 4.14. The summed E-state index contributed by atoms with van der Waals surface area (Å²) in [7, 11) is 3.00. The van der Waals surface area contributed by atoms with Crippen LogP contribution < -0.4 is 14.8 Å². The van der Waals surface area contributed by atoms with Gasteiger partial charge in [0.05, 0.1) is 14.2 Å². The van der Waals surface area contributed by atoms with Gasteiger partial charge in [0.2, 0.25) is 0 Å². The van der Waals surface area contributed by atoms with Crippen molar-refractivity contribution in [1.29, 1.82) is 0 Å². The van der Waals surface area contributed by atoms with Crippen molar-refractivity contribution < 1.29 is 19.0 Å². The summed E-state index contributed by atoms with van der Waals surface area (Å²) >= 11 is 0. The van der Waals surface area contributed by atoms with Crippen LogP contribution in [-0.4, -0.2) is 38.9 Å². The third-order valence-corrected chi connectivity index (χ3v) is 2.92. The van der Waals surface area contributed by atoms with Crippen LogP contribution in [0, 0.1) is 0 Å². The summed E-state index contributed by atoms with van der Waals surface area (Å²) in [5.41, 5.74) is 0. The van der Waals surface area contributed by atoms with Gasteiger partial charge in [0.1, 0.15) is 23.6 Å². The highest BCUT2D eigenvalue weighted by Crippen LogP contribution is 2.22. The molecule has 18 heavy (non-hydrogen) atoms. The van der Waals surface area contributed by atoms with Crippen LogP contribution in [0.3, 0.4) is 0 Å². The van der Waals surface area contributed by atoms with Crippen molar-refractivity contribution >= 4 is 5.97 Å². The van der Waals surface area contributed by atoms with E-state index in [-0.39, 0.29) is 18.1 Å². The van der Waals surface area contributed by atoms with E-state index >= 15 is 0 Å². The van der Waals surface area contributed by atoms with E-state index in [0.29, 0.717) is 13.0 Å². The molecule has 1 fully saturated rings. The lowest BCUT2D eigenvalue weighted by Gasteiger charge is -2.13. The largest absolute Gasteiger partial charge is 0.497 e. The van der Waals surface area contributed by atoms with E-state index in [1.54, 1.807) is 7.11 Å². The maximum Gasteiger partial charge on any atom is 0.323 e. The highest BCUT2D eigenvalue weighted by atomic mass is 16.5. The zero-order valence-corrected chi connectivity index (χ0v) is 10.5. The predicted octanol–water partition coefficient (Wildman–Crippen LogP) is 0.977. The molecule has 0 bridgehead atoms. The van der Waals surface area contributed by atoms with E-state index in [9.17, 15) is 4.79 Å². The lowest BCUT2D eigenvalue weighted by molar-refractivity contribution is -0.142. The number of hydrogen-bond acceptors (Lipinski definition) is 5. The third-order valence-electron chi connectivity index (χ3n) is 2.92. The van der Waals surface area contributed by atoms with Gasteiger partial charge in [0.25, 0.3) is 0 Å². The molecule has 2 rings (SSSR count). The van der Waals surface area contributed by atoms with Crippen LogP contribution in [0.4, 0.5) is 0 Å². The van der Waals surface area contributed by atoms with Gasteiger partial charge in [-0.2, -0.15) is 0 Å². The zero-order chi connectivity index (χ0) is 13.0. The zero-order valence-electron chi connectivity index (χ0n) is 10.5. The topological polar surface area (TPSA) is 56.8 Å². The molecule has 0 saturated carbocycles. The van der Waals surface area contributed by atoms with Crippen molar-refractivity contribution in [3.8, 4) is 11.5 Å². The van der Waals surface area contributed by atoms with Gasteiger partial charge < -0.3 is 19.5 Å². The molecule has 1 aliphatic rings. The van der Waals surface area contributed by atoms with Crippen molar-refractivity contribution in [2.24, 2.45) is 0 Å². The molecule has 0 unspecified atom stereocenters. The SMILES string of the molecule is COC(=O)[C@H]1C[C@@H](Oc2cccc(OC)c2)CN1. The Morgan fingerprint density at radius 1 is 1.33 bits per heavy atom. The first-order valence-electron chi connectivity index (χ1n) is 5.85. The number of esters is 1. The molecule has 5 heteroatoms. The van der Waals surface area contributed by atoms with Crippen LogP contribution >= 0.6 is 0 Å².